The van der Waals surface area contributed by atoms with Gasteiger partial charge in [-0.05, 0) is 62.0 Å². The van der Waals surface area contributed by atoms with E-state index in [0.29, 0.717) is 30.7 Å². The molecule has 6 heteroatoms. The van der Waals surface area contributed by atoms with Gasteiger partial charge < -0.3 is 15.4 Å². The molecular formula is C19H20N2O3S. The van der Waals surface area contributed by atoms with Crippen LogP contribution in [0.4, 0.5) is 5.69 Å². The minimum absolute atomic E-state index is 0.000140. The third-order valence-electron chi connectivity index (χ3n) is 3.36. The van der Waals surface area contributed by atoms with Crippen LogP contribution in [-0.2, 0) is 4.79 Å². The van der Waals surface area contributed by atoms with Crippen molar-refractivity contribution >= 4 is 34.7 Å². The van der Waals surface area contributed by atoms with E-state index in [4.69, 9.17) is 17.0 Å². The van der Waals surface area contributed by atoms with Gasteiger partial charge in [0, 0.05) is 17.7 Å². The zero-order valence-electron chi connectivity index (χ0n) is 14.0. The van der Waals surface area contributed by atoms with Gasteiger partial charge >= 0.3 is 0 Å². The van der Waals surface area contributed by atoms with Crippen LogP contribution in [0.25, 0.3) is 0 Å². The Balaban J connectivity index is 1.67. The summed E-state index contributed by atoms with van der Waals surface area (Å²) < 4.78 is 5.53. The Bertz CT molecular complexity index is 730. The van der Waals surface area contributed by atoms with Crippen LogP contribution in [0, 0.1) is 0 Å². The molecule has 0 saturated heterocycles. The third kappa shape index (κ3) is 6.73. The maximum absolute atomic E-state index is 11.9. The second-order valence-electron chi connectivity index (χ2n) is 5.40. The molecule has 130 valence electrons. The van der Waals surface area contributed by atoms with E-state index in [0.717, 1.165) is 5.75 Å². The Labute approximate surface area is 152 Å². The predicted octanol–water partition coefficient (Wildman–Crippen LogP) is 3.56. The number of benzene rings is 2. The summed E-state index contributed by atoms with van der Waals surface area (Å²) >= 11 is 5.11. The number of hydrogen-bond acceptors (Lipinski definition) is 4. The molecule has 1 amide bonds. The highest BCUT2D eigenvalue weighted by atomic mass is 32.1. The van der Waals surface area contributed by atoms with Crippen LogP contribution >= 0.6 is 12.2 Å². The van der Waals surface area contributed by atoms with Gasteiger partial charge in [-0.1, -0.05) is 18.2 Å². The number of amides is 1. The number of carbonyl (C=O) groups is 2. The fourth-order valence-electron chi connectivity index (χ4n) is 2.08. The summed E-state index contributed by atoms with van der Waals surface area (Å²) in [4.78, 5) is 23.1. The molecule has 0 aliphatic rings. The van der Waals surface area contributed by atoms with E-state index in [1.165, 1.54) is 6.92 Å². The molecule has 2 rings (SSSR count). The summed E-state index contributed by atoms with van der Waals surface area (Å²) in [6.45, 7) is 1.97. The van der Waals surface area contributed by atoms with Gasteiger partial charge in [0.05, 0.1) is 6.61 Å². The SMILES string of the molecule is CC(=O)c1ccc(NC(=S)NC(=O)CCCOc2ccccc2)cc1. The molecule has 5 nitrogen and oxygen atoms in total. The van der Waals surface area contributed by atoms with Gasteiger partial charge in [-0.25, -0.2) is 0 Å². The number of para-hydroxylation sites is 1. The summed E-state index contributed by atoms with van der Waals surface area (Å²) in [6.07, 6.45) is 0.911. The van der Waals surface area contributed by atoms with Crippen molar-refractivity contribution in [1.82, 2.24) is 5.32 Å². The predicted molar refractivity (Wildman–Crippen MR) is 102 cm³/mol. The molecule has 0 aliphatic carbocycles. The standard InChI is InChI=1S/C19H20N2O3S/c1-14(22)15-9-11-16(12-10-15)20-19(25)21-18(23)8-5-13-24-17-6-3-2-4-7-17/h2-4,6-7,9-12H,5,8,13H2,1H3,(H2,20,21,23,25). The van der Waals surface area contributed by atoms with Crippen LogP contribution < -0.4 is 15.4 Å². The van der Waals surface area contributed by atoms with Crippen LogP contribution in [0.5, 0.6) is 5.75 Å². The molecule has 0 heterocycles. The van der Waals surface area contributed by atoms with Crippen molar-refractivity contribution in [1.29, 1.82) is 0 Å². The Morgan fingerprint density at radius 3 is 2.36 bits per heavy atom. The first-order valence-corrected chi connectivity index (χ1v) is 8.35. The highest BCUT2D eigenvalue weighted by Crippen LogP contribution is 2.10. The highest BCUT2D eigenvalue weighted by molar-refractivity contribution is 7.80. The maximum atomic E-state index is 11.9. The number of ether oxygens (including phenoxy) is 1. The highest BCUT2D eigenvalue weighted by Gasteiger charge is 2.06. The van der Waals surface area contributed by atoms with Gasteiger partial charge in [0.2, 0.25) is 5.91 Å². The zero-order valence-corrected chi connectivity index (χ0v) is 14.8. The van der Waals surface area contributed by atoms with Crippen molar-refractivity contribution in [3.63, 3.8) is 0 Å². The first-order chi connectivity index (χ1) is 12.0. The summed E-state index contributed by atoms with van der Waals surface area (Å²) in [7, 11) is 0. The molecule has 2 aromatic carbocycles. The summed E-state index contributed by atoms with van der Waals surface area (Å²) in [5, 5.41) is 5.76. The monoisotopic (exact) mass is 356 g/mol. The largest absolute Gasteiger partial charge is 0.494 e. The number of carbonyl (C=O) groups excluding carboxylic acids is 2. The smallest absolute Gasteiger partial charge is 0.226 e. The fourth-order valence-corrected chi connectivity index (χ4v) is 2.31. The van der Waals surface area contributed by atoms with Gasteiger partial charge in [-0.3, -0.25) is 9.59 Å². The Hall–Kier alpha value is -2.73. The molecule has 0 atom stereocenters. The minimum atomic E-state index is -0.172. The number of ketones is 1. The minimum Gasteiger partial charge on any atom is -0.494 e. The van der Waals surface area contributed by atoms with Gasteiger partial charge in [0.1, 0.15) is 5.75 Å². The van der Waals surface area contributed by atoms with E-state index < -0.39 is 0 Å². The average molecular weight is 356 g/mol. The molecule has 0 aliphatic heterocycles. The molecule has 0 saturated carbocycles. The molecule has 2 aromatic rings. The molecule has 0 radical (unpaired) electrons. The number of anilines is 1. The molecule has 0 spiro atoms. The number of thiocarbonyl (C=S) groups is 1. The van der Waals surface area contributed by atoms with E-state index in [-0.39, 0.29) is 16.8 Å². The van der Waals surface area contributed by atoms with Gasteiger partial charge in [-0.15, -0.1) is 0 Å². The molecule has 25 heavy (non-hydrogen) atoms. The van der Waals surface area contributed by atoms with Crippen molar-refractivity contribution in [2.24, 2.45) is 0 Å². The molecule has 0 aromatic heterocycles. The lowest BCUT2D eigenvalue weighted by Gasteiger charge is -2.10. The van der Waals surface area contributed by atoms with E-state index in [9.17, 15) is 9.59 Å². The quantitative estimate of drug-likeness (QED) is 0.451. The van der Waals surface area contributed by atoms with Crippen molar-refractivity contribution in [2.45, 2.75) is 19.8 Å². The lowest BCUT2D eigenvalue weighted by atomic mass is 10.1. The second-order valence-corrected chi connectivity index (χ2v) is 5.81. The average Bonchev–Trinajstić information content (AvgIpc) is 2.60. The summed E-state index contributed by atoms with van der Waals surface area (Å²) in [5.41, 5.74) is 1.33. The van der Waals surface area contributed by atoms with Crippen molar-refractivity contribution < 1.29 is 14.3 Å². The fraction of sp³-hybridized carbons (Fsp3) is 0.211. The maximum Gasteiger partial charge on any atom is 0.226 e. The molecule has 2 N–H and O–H groups in total. The Kier molecular flexibility index (Phi) is 7.10. The third-order valence-corrected chi connectivity index (χ3v) is 3.57. The molecule has 0 unspecified atom stereocenters. The molecular weight excluding hydrogens is 336 g/mol. The van der Waals surface area contributed by atoms with E-state index in [2.05, 4.69) is 10.6 Å². The molecule has 0 fully saturated rings. The van der Waals surface area contributed by atoms with Crippen molar-refractivity contribution in [3.8, 4) is 5.75 Å². The zero-order chi connectivity index (χ0) is 18.1. The van der Waals surface area contributed by atoms with Crippen LogP contribution in [0.15, 0.2) is 54.6 Å². The van der Waals surface area contributed by atoms with Crippen LogP contribution in [-0.4, -0.2) is 23.4 Å². The summed E-state index contributed by atoms with van der Waals surface area (Å²) in [5.74, 6) is 0.615. The van der Waals surface area contributed by atoms with Gasteiger partial charge in [0.25, 0.3) is 0 Å². The number of rotatable bonds is 7. The van der Waals surface area contributed by atoms with Crippen molar-refractivity contribution in [3.05, 3.63) is 60.2 Å². The topological polar surface area (TPSA) is 67.4 Å². The van der Waals surface area contributed by atoms with E-state index >= 15 is 0 Å². The normalized spacial score (nSPS) is 9.96. The van der Waals surface area contributed by atoms with Crippen LogP contribution in [0.2, 0.25) is 0 Å². The number of Topliss-reactive ketones (excluding diaryl/α,β-unsaturated/α-hetero) is 1. The van der Waals surface area contributed by atoms with E-state index in [1.54, 1.807) is 24.3 Å². The lowest BCUT2D eigenvalue weighted by Crippen LogP contribution is -2.34. The summed E-state index contributed by atoms with van der Waals surface area (Å²) in [6, 6.07) is 16.3. The number of hydrogen-bond donors (Lipinski definition) is 2. The van der Waals surface area contributed by atoms with Crippen molar-refractivity contribution in [2.75, 3.05) is 11.9 Å². The first-order valence-electron chi connectivity index (χ1n) is 7.94. The number of nitrogens with one attached hydrogen (secondary N) is 2. The second kappa shape index (κ2) is 9.54. The van der Waals surface area contributed by atoms with Gasteiger partial charge in [0.15, 0.2) is 10.9 Å². The molecule has 0 bridgehead atoms. The Morgan fingerprint density at radius 2 is 1.72 bits per heavy atom. The van der Waals surface area contributed by atoms with Crippen LogP contribution in [0.1, 0.15) is 30.1 Å². The van der Waals surface area contributed by atoms with Gasteiger partial charge in [-0.2, -0.15) is 0 Å². The lowest BCUT2D eigenvalue weighted by molar-refractivity contribution is -0.119. The Morgan fingerprint density at radius 1 is 1.04 bits per heavy atom. The first kappa shape index (κ1) is 18.6. The van der Waals surface area contributed by atoms with E-state index in [1.807, 2.05) is 30.3 Å². The van der Waals surface area contributed by atoms with Crippen LogP contribution in [0.3, 0.4) is 0 Å².